The van der Waals surface area contributed by atoms with E-state index in [1.54, 1.807) is 0 Å². The number of benzene rings is 1. The van der Waals surface area contributed by atoms with Crippen molar-refractivity contribution in [3.05, 3.63) is 48.2 Å². The zero-order chi connectivity index (χ0) is 16.5. The molecule has 2 aromatic rings. The summed E-state index contributed by atoms with van der Waals surface area (Å²) in [6.07, 6.45) is 4.09. The van der Waals surface area contributed by atoms with Crippen LogP contribution in [0.1, 0.15) is 39.2 Å². The van der Waals surface area contributed by atoms with E-state index >= 15 is 0 Å². The normalized spacial score (nSPS) is 10.6. The van der Waals surface area contributed by atoms with Crippen LogP contribution in [0, 0.1) is 0 Å². The van der Waals surface area contributed by atoms with Gasteiger partial charge in [0, 0.05) is 32.4 Å². The van der Waals surface area contributed by atoms with E-state index in [1.807, 2.05) is 12.3 Å². The molecule has 0 N–H and O–H groups in total. The minimum atomic E-state index is 0.845. The molecule has 0 fully saturated rings. The van der Waals surface area contributed by atoms with Gasteiger partial charge in [-0.2, -0.15) is 4.98 Å². The van der Waals surface area contributed by atoms with Gasteiger partial charge in [0.05, 0.1) is 0 Å². The van der Waals surface area contributed by atoms with Crippen molar-refractivity contribution in [2.75, 3.05) is 29.4 Å². The fraction of sp³-hybridized carbons (Fsp3) is 0.474. The maximum absolute atomic E-state index is 4.82. The van der Waals surface area contributed by atoms with Gasteiger partial charge < -0.3 is 9.80 Å². The molecule has 0 spiro atoms. The van der Waals surface area contributed by atoms with Gasteiger partial charge in [-0.15, -0.1) is 0 Å². The van der Waals surface area contributed by atoms with Crippen LogP contribution in [0.15, 0.2) is 42.6 Å². The fourth-order valence-corrected chi connectivity index (χ4v) is 2.68. The lowest BCUT2D eigenvalue weighted by atomic mass is 10.2. The molecule has 1 aromatic heterocycles. The van der Waals surface area contributed by atoms with Crippen molar-refractivity contribution >= 4 is 11.8 Å². The summed E-state index contributed by atoms with van der Waals surface area (Å²) in [6.45, 7) is 10.4. The molecule has 0 amide bonds. The van der Waals surface area contributed by atoms with Gasteiger partial charge in [0.2, 0.25) is 5.95 Å². The molecule has 0 radical (unpaired) electrons. The molecule has 1 heterocycles. The molecule has 0 atom stereocenters. The van der Waals surface area contributed by atoms with Gasteiger partial charge in [0.1, 0.15) is 5.82 Å². The molecular weight excluding hydrogens is 284 g/mol. The van der Waals surface area contributed by atoms with Crippen molar-refractivity contribution in [1.29, 1.82) is 0 Å². The summed E-state index contributed by atoms with van der Waals surface area (Å²) in [5, 5.41) is 0. The van der Waals surface area contributed by atoms with Crippen molar-refractivity contribution in [2.45, 2.75) is 40.2 Å². The van der Waals surface area contributed by atoms with Crippen molar-refractivity contribution in [1.82, 2.24) is 9.97 Å². The summed E-state index contributed by atoms with van der Waals surface area (Å²) < 4.78 is 0. The lowest BCUT2D eigenvalue weighted by Gasteiger charge is -2.25. The van der Waals surface area contributed by atoms with E-state index in [2.05, 4.69) is 65.9 Å². The first-order chi connectivity index (χ1) is 11.3. The van der Waals surface area contributed by atoms with E-state index in [-0.39, 0.29) is 0 Å². The van der Waals surface area contributed by atoms with Crippen LogP contribution in [0.2, 0.25) is 0 Å². The summed E-state index contributed by atoms with van der Waals surface area (Å²) in [5.74, 6) is 1.84. The number of hydrogen-bond donors (Lipinski definition) is 0. The highest BCUT2D eigenvalue weighted by atomic mass is 15.3. The van der Waals surface area contributed by atoms with Gasteiger partial charge >= 0.3 is 0 Å². The zero-order valence-electron chi connectivity index (χ0n) is 14.6. The average Bonchev–Trinajstić information content (AvgIpc) is 2.60. The third-order valence-corrected chi connectivity index (χ3v) is 3.82. The molecule has 0 saturated heterocycles. The Labute approximate surface area is 140 Å². The second-order valence-corrected chi connectivity index (χ2v) is 5.70. The Hall–Kier alpha value is -2.10. The molecule has 4 heteroatoms. The second kappa shape index (κ2) is 9.13. The Morgan fingerprint density at radius 2 is 1.57 bits per heavy atom. The van der Waals surface area contributed by atoms with Crippen LogP contribution in [0.5, 0.6) is 0 Å². The summed E-state index contributed by atoms with van der Waals surface area (Å²) in [6, 6.07) is 12.5. The molecule has 0 aliphatic heterocycles. The molecule has 0 unspecified atom stereocenters. The largest absolute Gasteiger partial charge is 0.352 e. The lowest BCUT2D eigenvalue weighted by Crippen LogP contribution is -2.28. The van der Waals surface area contributed by atoms with Crippen molar-refractivity contribution < 1.29 is 0 Å². The Bertz CT molecular complexity index is 565. The van der Waals surface area contributed by atoms with Crippen molar-refractivity contribution in [3.8, 4) is 0 Å². The van der Waals surface area contributed by atoms with Crippen LogP contribution in [0.25, 0.3) is 0 Å². The highest BCUT2D eigenvalue weighted by molar-refractivity contribution is 5.44. The predicted molar refractivity (Wildman–Crippen MR) is 98.0 cm³/mol. The van der Waals surface area contributed by atoms with Gasteiger partial charge in [0.25, 0.3) is 0 Å². The number of nitrogens with zero attached hydrogens (tertiary/aromatic N) is 4. The third-order valence-electron chi connectivity index (χ3n) is 3.82. The van der Waals surface area contributed by atoms with Gasteiger partial charge in [-0.3, -0.25) is 0 Å². The molecule has 124 valence electrons. The Morgan fingerprint density at radius 3 is 2.17 bits per heavy atom. The molecule has 0 aliphatic rings. The van der Waals surface area contributed by atoms with E-state index in [0.717, 1.165) is 50.8 Å². The van der Waals surface area contributed by atoms with Crippen LogP contribution in [-0.4, -0.2) is 29.6 Å². The quantitative estimate of drug-likeness (QED) is 0.697. The monoisotopic (exact) mass is 312 g/mol. The standard InChI is InChI=1S/C19H28N4/c1-4-14-23(15-5-2)19-20-13-12-18(21-19)22(6-3)16-17-10-8-7-9-11-17/h7-13H,4-6,14-16H2,1-3H3. The maximum atomic E-state index is 4.82. The van der Waals surface area contributed by atoms with Gasteiger partial charge in [-0.1, -0.05) is 44.2 Å². The summed E-state index contributed by atoms with van der Waals surface area (Å²) in [5.41, 5.74) is 1.30. The molecule has 0 aliphatic carbocycles. The molecule has 4 nitrogen and oxygen atoms in total. The van der Waals surface area contributed by atoms with E-state index in [0.29, 0.717) is 0 Å². The number of aromatic nitrogens is 2. The van der Waals surface area contributed by atoms with E-state index in [1.165, 1.54) is 5.56 Å². The van der Waals surface area contributed by atoms with Crippen LogP contribution >= 0.6 is 0 Å². The molecule has 2 rings (SSSR count). The lowest BCUT2D eigenvalue weighted by molar-refractivity contribution is 0.716. The number of anilines is 2. The van der Waals surface area contributed by atoms with Gasteiger partial charge in [-0.05, 0) is 31.4 Å². The molecular formula is C19H28N4. The first kappa shape index (κ1) is 17.3. The van der Waals surface area contributed by atoms with Crippen LogP contribution in [0.3, 0.4) is 0 Å². The van der Waals surface area contributed by atoms with Crippen LogP contribution in [-0.2, 0) is 6.54 Å². The highest BCUT2D eigenvalue weighted by Crippen LogP contribution is 2.18. The second-order valence-electron chi connectivity index (χ2n) is 5.70. The summed E-state index contributed by atoms with van der Waals surface area (Å²) >= 11 is 0. The predicted octanol–water partition coefficient (Wildman–Crippen LogP) is 4.13. The Morgan fingerprint density at radius 1 is 0.870 bits per heavy atom. The molecule has 1 aromatic carbocycles. The molecule has 0 saturated carbocycles. The molecule has 0 bridgehead atoms. The van der Waals surface area contributed by atoms with Crippen LogP contribution in [0.4, 0.5) is 11.8 Å². The smallest absolute Gasteiger partial charge is 0.227 e. The summed E-state index contributed by atoms with van der Waals surface area (Å²) in [7, 11) is 0. The summed E-state index contributed by atoms with van der Waals surface area (Å²) in [4.78, 5) is 13.9. The topological polar surface area (TPSA) is 32.3 Å². The fourth-order valence-electron chi connectivity index (χ4n) is 2.68. The zero-order valence-corrected chi connectivity index (χ0v) is 14.6. The highest BCUT2D eigenvalue weighted by Gasteiger charge is 2.12. The maximum Gasteiger partial charge on any atom is 0.227 e. The van der Waals surface area contributed by atoms with Gasteiger partial charge in [0.15, 0.2) is 0 Å². The van der Waals surface area contributed by atoms with Gasteiger partial charge in [-0.25, -0.2) is 4.98 Å². The third kappa shape index (κ3) is 4.95. The first-order valence-electron chi connectivity index (χ1n) is 8.65. The van der Waals surface area contributed by atoms with E-state index in [4.69, 9.17) is 4.98 Å². The van der Waals surface area contributed by atoms with Crippen LogP contribution < -0.4 is 9.80 Å². The van der Waals surface area contributed by atoms with Crippen molar-refractivity contribution in [3.63, 3.8) is 0 Å². The Balaban J connectivity index is 2.18. The first-order valence-corrected chi connectivity index (χ1v) is 8.65. The van der Waals surface area contributed by atoms with E-state index in [9.17, 15) is 0 Å². The minimum absolute atomic E-state index is 0.845. The van der Waals surface area contributed by atoms with Crippen molar-refractivity contribution in [2.24, 2.45) is 0 Å². The van der Waals surface area contributed by atoms with E-state index < -0.39 is 0 Å². The number of rotatable bonds is 9. The average molecular weight is 312 g/mol. The SMILES string of the molecule is CCCN(CCC)c1nccc(N(CC)Cc2ccccc2)n1. The number of hydrogen-bond acceptors (Lipinski definition) is 4. The Kier molecular flexibility index (Phi) is 6.85. The minimum Gasteiger partial charge on any atom is -0.352 e. The molecule has 23 heavy (non-hydrogen) atoms.